The third-order valence-corrected chi connectivity index (χ3v) is 5.05. The average molecular weight is 561 g/mol. The Bertz CT molecular complexity index is 849. The van der Waals surface area contributed by atoms with Crippen molar-refractivity contribution in [3.8, 4) is 11.5 Å². The fourth-order valence-corrected chi connectivity index (χ4v) is 3.47. The largest absolute Gasteiger partial charge is 0.497 e. The minimum atomic E-state index is -2.91. The lowest BCUT2D eigenvalue weighted by Crippen LogP contribution is -2.48. The summed E-state index contributed by atoms with van der Waals surface area (Å²) in [4.78, 5) is 11.3. The second-order valence-corrected chi connectivity index (χ2v) is 7.14. The number of benzene rings is 1. The maximum absolute atomic E-state index is 12.8. The number of guanidine groups is 1. The minimum absolute atomic E-state index is 0. The molecular weight excluding hydrogens is 531 g/mol. The predicted octanol–water partition coefficient (Wildman–Crippen LogP) is 4.03. The summed E-state index contributed by atoms with van der Waals surface area (Å²) in [5.74, 6) is 2.16. The van der Waals surface area contributed by atoms with Gasteiger partial charge in [0.2, 0.25) is 0 Å². The van der Waals surface area contributed by atoms with Crippen LogP contribution in [0.4, 0.5) is 14.6 Å². The number of aromatic nitrogens is 1. The number of nitrogens with zero attached hydrogens (tertiary/aromatic N) is 3. The summed E-state index contributed by atoms with van der Waals surface area (Å²) in [6, 6.07) is 11.0. The van der Waals surface area contributed by atoms with Crippen LogP contribution in [0.25, 0.3) is 0 Å². The maximum Gasteiger partial charge on any atom is 0.387 e. The molecule has 1 aromatic heterocycles. The summed E-state index contributed by atoms with van der Waals surface area (Å²) in [5.41, 5.74) is 0.559. The fourth-order valence-electron chi connectivity index (χ4n) is 3.47. The van der Waals surface area contributed by atoms with Gasteiger partial charge in [-0.05, 0) is 44.0 Å². The predicted molar refractivity (Wildman–Crippen MR) is 132 cm³/mol. The molecule has 176 valence electrons. The number of piperidine rings is 1. The van der Waals surface area contributed by atoms with Crippen molar-refractivity contribution in [2.75, 3.05) is 31.6 Å². The molecule has 3 rings (SSSR count). The van der Waals surface area contributed by atoms with E-state index >= 15 is 0 Å². The summed E-state index contributed by atoms with van der Waals surface area (Å²) in [6.07, 6.45) is 3.70. The molecule has 0 radical (unpaired) electrons. The molecular formula is C22H30F2IN5O2. The third kappa shape index (κ3) is 7.64. The molecule has 2 heterocycles. The molecule has 0 aliphatic carbocycles. The standard InChI is InChI=1S/C22H29F2N5O2.HI/c1-3-25-22(27-15-16-7-8-18(30-2)14-19(16)31-21(23)24)28-17-9-12-29(13-10-17)20-6-4-5-11-26-20;/h4-8,11,14,17,21H,3,9-10,12-13,15H2,1-2H3,(H2,25,27,28);1H. The Labute approximate surface area is 204 Å². The van der Waals surface area contributed by atoms with Crippen LogP contribution in [0.1, 0.15) is 25.3 Å². The molecule has 1 aliphatic rings. The number of hydrogen-bond donors (Lipinski definition) is 2. The molecule has 0 saturated carbocycles. The van der Waals surface area contributed by atoms with Crippen LogP contribution >= 0.6 is 24.0 Å². The Kier molecular flexibility index (Phi) is 10.7. The first-order chi connectivity index (χ1) is 15.1. The Hall–Kier alpha value is -2.37. The number of aliphatic imine (C=N–C) groups is 1. The zero-order valence-corrected chi connectivity index (χ0v) is 20.6. The van der Waals surface area contributed by atoms with Crippen LogP contribution in [0.3, 0.4) is 0 Å². The number of nitrogens with one attached hydrogen (secondary N) is 2. The van der Waals surface area contributed by atoms with Gasteiger partial charge in [-0.25, -0.2) is 9.98 Å². The van der Waals surface area contributed by atoms with Gasteiger partial charge in [0, 0.05) is 43.5 Å². The summed E-state index contributed by atoms with van der Waals surface area (Å²) in [7, 11) is 1.48. The number of rotatable bonds is 8. The lowest BCUT2D eigenvalue weighted by Gasteiger charge is -2.33. The van der Waals surface area contributed by atoms with Crippen LogP contribution in [-0.4, -0.2) is 50.3 Å². The molecule has 7 nitrogen and oxygen atoms in total. The molecule has 0 bridgehead atoms. The van der Waals surface area contributed by atoms with Crippen LogP contribution in [0.2, 0.25) is 0 Å². The second kappa shape index (κ2) is 13.2. The van der Waals surface area contributed by atoms with Gasteiger partial charge in [-0.1, -0.05) is 6.07 Å². The van der Waals surface area contributed by atoms with Gasteiger partial charge in [0.05, 0.1) is 13.7 Å². The molecule has 1 aromatic carbocycles. The van der Waals surface area contributed by atoms with E-state index in [1.807, 2.05) is 25.1 Å². The smallest absolute Gasteiger partial charge is 0.387 e. The summed E-state index contributed by atoms with van der Waals surface area (Å²) in [6.45, 7) is 1.78. The molecule has 10 heteroatoms. The number of alkyl halides is 2. The molecule has 0 unspecified atom stereocenters. The topological polar surface area (TPSA) is 71.0 Å². The van der Waals surface area contributed by atoms with Crippen LogP contribution in [-0.2, 0) is 6.54 Å². The van der Waals surface area contributed by atoms with Gasteiger partial charge in [-0.3, -0.25) is 0 Å². The van der Waals surface area contributed by atoms with Crippen molar-refractivity contribution in [3.63, 3.8) is 0 Å². The Morgan fingerprint density at radius 3 is 2.66 bits per heavy atom. The highest BCUT2D eigenvalue weighted by atomic mass is 127. The molecule has 1 aliphatic heterocycles. The molecule has 32 heavy (non-hydrogen) atoms. The van der Waals surface area contributed by atoms with Crippen LogP contribution < -0.4 is 25.0 Å². The average Bonchev–Trinajstić information content (AvgIpc) is 2.79. The Morgan fingerprint density at radius 2 is 2.03 bits per heavy atom. The van der Waals surface area contributed by atoms with Crippen molar-refractivity contribution in [1.82, 2.24) is 15.6 Å². The van der Waals surface area contributed by atoms with E-state index in [1.54, 1.807) is 18.3 Å². The van der Waals surface area contributed by atoms with Crippen molar-refractivity contribution < 1.29 is 18.3 Å². The van der Waals surface area contributed by atoms with E-state index in [4.69, 9.17) is 4.74 Å². The third-order valence-electron chi connectivity index (χ3n) is 5.05. The zero-order chi connectivity index (χ0) is 22.1. The first kappa shape index (κ1) is 25.9. The van der Waals surface area contributed by atoms with E-state index in [9.17, 15) is 8.78 Å². The maximum atomic E-state index is 12.8. The molecule has 0 spiro atoms. The van der Waals surface area contributed by atoms with Crippen LogP contribution in [0.5, 0.6) is 11.5 Å². The summed E-state index contributed by atoms with van der Waals surface area (Å²) in [5, 5.41) is 6.69. The summed E-state index contributed by atoms with van der Waals surface area (Å²) < 4.78 is 35.3. The van der Waals surface area contributed by atoms with Crippen molar-refractivity contribution in [1.29, 1.82) is 0 Å². The first-order valence-corrected chi connectivity index (χ1v) is 10.4. The van der Waals surface area contributed by atoms with Gasteiger partial charge >= 0.3 is 6.61 Å². The Morgan fingerprint density at radius 1 is 1.25 bits per heavy atom. The van der Waals surface area contributed by atoms with E-state index in [2.05, 4.69) is 30.2 Å². The molecule has 2 aromatic rings. The van der Waals surface area contributed by atoms with E-state index in [0.29, 0.717) is 23.8 Å². The monoisotopic (exact) mass is 561 g/mol. The molecule has 1 saturated heterocycles. The number of anilines is 1. The van der Waals surface area contributed by atoms with Gasteiger partial charge in [-0.15, -0.1) is 24.0 Å². The normalized spacial score (nSPS) is 14.7. The van der Waals surface area contributed by atoms with Crippen molar-refractivity contribution in [2.24, 2.45) is 4.99 Å². The van der Waals surface area contributed by atoms with Crippen molar-refractivity contribution in [3.05, 3.63) is 48.2 Å². The lowest BCUT2D eigenvalue weighted by atomic mass is 10.1. The fraction of sp³-hybridized carbons (Fsp3) is 0.455. The van der Waals surface area contributed by atoms with Crippen molar-refractivity contribution >= 4 is 35.8 Å². The number of pyridine rings is 1. The highest BCUT2D eigenvalue weighted by Gasteiger charge is 2.21. The van der Waals surface area contributed by atoms with E-state index in [-0.39, 0.29) is 42.3 Å². The molecule has 0 amide bonds. The highest BCUT2D eigenvalue weighted by molar-refractivity contribution is 14.0. The molecule has 1 fully saturated rings. The van der Waals surface area contributed by atoms with Crippen LogP contribution in [0.15, 0.2) is 47.6 Å². The Balaban J connectivity index is 0.00000363. The van der Waals surface area contributed by atoms with E-state index in [0.717, 1.165) is 31.7 Å². The van der Waals surface area contributed by atoms with E-state index in [1.165, 1.54) is 13.2 Å². The minimum Gasteiger partial charge on any atom is -0.497 e. The van der Waals surface area contributed by atoms with E-state index < -0.39 is 6.61 Å². The number of ether oxygens (including phenoxy) is 2. The van der Waals surface area contributed by atoms with Gasteiger partial charge in [0.1, 0.15) is 17.3 Å². The lowest BCUT2D eigenvalue weighted by molar-refractivity contribution is -0.0505. The highest BCUT2D eigenvalue weighted by Crippen LogP contribution is 2.27. The number of methoxy groups -OCH3 is 1. The molecule has 0 atom stereocenters. The van der Waals surface area contributed by atoms with Gasteiger partial charge in [0.15, 0.2) is 5.96 Å². The molecule has 2 N–H and O–H groups in total. The zero-order valence-electron chi connectivity index (χ0n) is 18.3. The van der Waals surface area contributed by atoms with Gasteiger partial charge in [0.25, 0.3) is 0 Å². The SMILES string of the molecule is CCNC(=NCc1ccc(OC)cc1OC(F)F)NC1CCN(c2ccccn2)CC1.I. The quantitative estimate of drug-likeness (QED) is 0.288. The van der Waals surface area contributed by atoms with Crippen molar-refractivity contribution in [2.45, 2.75) is 39.0 Å². The summed E-state index contributed by atoms with van der Waals surface area (Å²) >= 11 is 0. The number of hydrogen-bond acceptors (Lipinski definition) is 5. The second-order valence-electron chi connectivity index (χ2n) is 7.14. The first-order valence-electron chi connectivity index (χ1n) is 10.4. The van der Waals surface area contributed by atoms with Gasteiger partial charge < -0.3 is 25.0 Å². The van der Waals surface area contributed by atoms with Gasteiger partial charge in [-0.2, -0.15) is 8.78 Å². The van der Waals surface area contributed by atoms with Crippen LogP contribution in [0, 0.1) is 0 Å². The number of halogens is 3.